The van der Waals surface area contributed by atoms with E-state index in [0.29, 0.717) is 17.5 Å². The smallest absolute Gasteiger partial charge is 0.234 e. The molecule has 0 unspecified atom stereocenters. The number of aromatic nitrogens is 3. The van der Waals surface area contributed by atoms with Gasteiger partial charge >= 0.3 is 0 Å². The number of aryl methyl sites for hydroxylation is 1. The molecule has 1 amide bonds. The zero-order valence-electron chi connectivity index (χ0n) is 20.4. The van der Waals surface area contributed by atoms with E-state index >= 15 is 0 Å². The Kier molecular flexibility index (Phi) is 7.62. The van der Waals surface area contributed by atoms with Crippen LogP contribution in [0.4, 0.5) is 5.69 Å². The number of rotatable bonds is 9. The minimum absolute atomic E-state index is 0.123. The SMILES string of the molecule is Cc1ccc(-c2nnc(SCC(=O)Nc3ccc(OCc4ccccc4)cc3)n2-c2ccccc2)cc1. The summed E-state index contributed by atoms with van der Waals surface area (Å²) >= 11 is 1.35. The molecule has 4 aromatic carbocycles. The summed E-state index contributed by atoms with van der Waals surface area (Å²) in [5.41, 5.74) is 4.90. The second-order valence-electron chi connectivity index (χ2n) is 8.48. The van der Waals surface area contributed by atoms with Crippen LogP contribution in [0.3, 0.4) is 0 Å². The number of hydrogen-bond donors (Lipinski definition) is 1. The Balaban J connectivity index is 1.24. The fourth-order valence-corrected chi connectivity index (χ4v) is 4.52. The van der Waals surface area contributed by atoms with Crippen LogP contribution in [-0.2, 0) is 11.4 Å². The third kappa shape index (κ3) is 6.26. The van der Waals surface area contributed by atoms with Crippen molar-refractivity contribution in [3.05, 3.63) is 120 Å². The van der Waals surface area contributed by atoms with Gasteiger partial charge < -0.3 is 10.1 Å². The number of amides is 1. The van der Waals surface area contributed by atoms with Crippen molar-refractivity contribution in [1.29, 1.82) is 0 Å². The van der Waals surface area contributed by atoms with Crippen molar-refractivity contribution in [1.82, 2.24) is 14.8 Å². The molecule has 5 aromatic rings. The van der Waals surface area contributed by atoms with Gasteiger partial charge in [-0.25, -0.2) is 0 Å². The first-order valence-corrected chi connectivity index (χ1v) is 12.9. The molecule has 37 heavy (non-hydrogen) atoms. The summed E-state index contributed by atoms with van der Waals surface area (Å²) in [6, 6.07) is 35.5. The number of para-hydroxylation sites is 1. The van der Waals surface area contributed by atoms with Crippen LogP contribution in [0.15, 0.2) is 114 Å². The Hall–Kier alpha value is -4.36. The van der Waals surface area contributed by atoms with Crippen molar-refractivity contribution in [2.45, 2.75) is 18.7 Å². The highest BCUT2D eigenvalue weighted by Crippen LogP contribution is 2.28. The minimum atomic E-state index is -0.123. The average molecular weight is 507 g/mol. The van der Waals surface area contributed by atoms with Crippen LogP contribution in [0.25, 0.3) is 17.1 Å². The molecule has 0 atom stereocenters. The molecule has 0 spiro atoms. The van der Waals surface area contributed by atoms with E-state index in [1.807, 2.05) is 102 Å². The van der Waals surface area contributed by atoms with Crippen molar-refractivity contribution >= 4 is 23.4 Å². The van der Waals surface area contributed by atoms with E-state index in [1.54, 1.807) is 0 Å². The minimum Gasteiger partial charge on any atom is -0.489 e. The highest BCUT2D eigenvalue weighted by molar-refractivity contribution is 7.99. The summed E-state index contributed by atoms with van der Waals surface area (Å²) in [4.78, 5) is 12.7. The maximum Gasteiger partial charge on any atom is 0.234 e. The van der Waals surface area contributed by atoms with Gasteiger partial charge in [-0.2, -0.15) is 0 Å². The Morgan fingerprint density at radius 2 is 1.51 bits per heavy atom. The second-order valence-corrected chi connectivity index (χ2v) is 9.42. The van der Waals surface area contributed by atoms with E-state index in [1.165, 1.54) is 17.3 Å². The van der Waals surface area contributed by atoms with Crippen molar-refractivity contribution in [3.8, 4) is 22.8 Å². The Labute approximate surface area is 220 Å². The van der Waals surface area contributed by atoms with Gasteiger partial charge in [-0.05, 0) is 48.9 Å². The Morgan fingerprint density at radius 1 is 0.838 bits per heavy atom. The first kappa shape index (κ1) is 24.3. The molecule has 0 fully saturated rings. The van der Waals surface area contributed by atoms with E-state index in [0.717, 1.165) is 28.4 Å². The van der Waals surface area contributed by atoms with Crippen LogP contribution in [0.2, 0.25) is 0 Å². The molecule has 1 N–H and O–H groups in total. The molecule has 6 nitrogen and oxygen atoms in total. The standard InChI is InChI=1S/C30H26N4O2S/c1-22-12-14-24(15-13-22)29-32-33-30(34(29)26-10-6-3-7-11-26)37-21-28(35)31-25-16-18-27(19-17-25)36-20-23-8-4-2-5-9-23/h2-19H,20-21H2,1H3,(H,31,35). The predicted molar refractivity (Wildman–Crippen MR) is 148 cm³/mol. The molecule has 184 valence electrons. The van der Waals surface area contributed by atoms with Crippen LogP contribution < -0.4 is 10.1 Å². The lowest BCUT2D eigenvalue weighted by Crippen LogP contribution is -2.14. The maximum absolute atomic E-state index is 12.7. The monoisotopic (exact) mass is 506 g/mol. The van der Waals surface area contributed by atoms with Crippen LogP contribution in [-0.4, -0.2) is 26.4 Å². The molecular formula is C30H26N4O2S. The fraction of sp³-hybridized carbons (Fsp3) is 0.100. The number of ether oxygens (including phenoxy) is 1. The quantitative estimate of drug-likeness (QED) is 0.230. The fourth-order valence-electron chi connectivity index (χ4n) is 3.77. The van der Waals surface area contributed by atoms with Gasteiger partial charge in [-0.15, -0.1) is 10.2 Å². The highest BCUT2D eigenvalue weighted by atomic mass is 32.2. The summed E-state index contributed by atoms with van der Waals surface area (Å²) in [6.45, 7) is 2.55. The van der Waals surface area contributed by atoms with Gasteiger partial charge in [-0.3, -0.25) is 9.36 Å². The third-order valence-electron chi connectivity index (χ3n) is 5.68. The lowest BCUT2D eigenvalue weighted by molar-refractivity contribution is -0.113. The molecule has 1 heterocycles. The zero-order chi connectivity index (χ0) is 25.5. The van der Waals surface area contributed by atoms with Crippen LogP contribution in [0, 0.1) is 6.92 Å². The summed E-state index contributed by atoms with van der Waals surface area (Å²) in [7, 11) is 0. The number of carbonyl (C=O) groups excluding carboxylic acids is 1. The van der Waals surface area contributed by atoms with Gasteiger partial charge in [-0.1, -0.05) is 90.1 Å². The molecule has 0 aliphatic carbocycles. The zero-order valence-corrected chi connectivity index (χ0v) is 21.2. The second kappa shape index (κ2) is 11.6. The predicted octanol–water partition coefficient (Wildman–Crippen LogP) is 6.55. The normalized spacial score (nSPS) is 10.7. The summed E-state index contributed by atoms with van der Waals surface area (Å²) in [5, 5.41) is 12.5. The highest BCUT2D eigenvalue weighted by Gasteiger charge is 2.17. The number of anilines is 1. The summed E-state index contributed by atoms with van der Waals surface area (Å²) < 4.78 is 7.81. The van der Waals surface area contributed by atoms with Gasteiger partial charge in [0.15, 0.2) is 11.0 Å². The Bertz CT molecular complexity index is 1450. The van der Waals surface area contributed by atoms with Crippen LogP contribution >= 0.6 is 11.8 Å². The van der Waals surface area contributed by atoms with Gasteiger partial charge in [0.2, 0.25) is 5.91 Å². The molecule has 1 aromatic heterocycles. The first-order chi connectivity index (χ1) is 18.2. The van der Waals surface area contributed by atoms with Crippen LogP contribution in [0.1, 0.15) is 11.1 Å². The van der Waals surface area contributed by atoms with E-state index in [-0.39, 0.29) is 11.7 Å². The largest absolute Gasteiger partial charge is 0.489 e. The van der Waals surface area contributed by atoms with Gasteiger partial charge in [0.25, 0.3) is 0 Å². The lowest BCUT2D eigenvalue weighted by Gasteiger charge is -2.11. The molecule has 5 rings (SSSR count). The number of nitrogens with zero attached hydrogens (tertiary/aromatic N) is 3. The van der Waals surface area contributed by atoms with Crippen molar-refractivity contribution in [2.24, 2.45) is 0 Å². The van der Waals surface area contributed by atoms with E-state index in [9.17, 15) is 4.79 Å². The van der Waals surface area contributed by atoms with Crippen molar-refractivity contribution in [3.63, 3.8) is 0 Å². The van der Waals surface area contributed by atoms with Crippen molar-refractivity contribution in [2.75, 3.05) is 11.1 Å². The topological polar surface area (TPSA) is 69.0 Å². The summed E-state index contributed by atoms with van der Waals surface area (Å²) in [5.74, 6) is 1.56. The van der Waals surface area contributed by atoms with E-state index in [2.05, 4.69) is 34.6 Å². The molecule has 0 bridgehead atoms. The number of nitrogens with one attached hydrogen (secondary N) is 1. The van der Waals surface area contributed by atoms with Crippen molar-refractivity contribution < 1.29 is 9.53 Å². The Morgan fingerprint density at radius 3 is 2.22 bits per heavy atom. The lowest BCUT2D eigenvalue weighted by atomic mass is 10.1. The molecule has 0 saturated carbocycles. The number of hydrogen-bond acceptors (Lipinski definition) is 5. The number of benzene rings is 4. The summed E-state index contributed by atoms with van der Waals surface area (Å²) in [6.07, 6.45) is 0. The number of thioether (sulfide) groups is 1. The molecule has 0 aliphatic rings. The molecule has 0 saturated heterocycles. The maximum atomic E-state index is 12.7. The van der Waals surface area contributed by atoms with Gasteiger partial charge in [0, 0.05) is 16.9 Å². The first-order valence-electron chi connectivity index (χ1n) is 11.9. The van der Waals surface area contributed by atoms with E-state index in [4.69, 9.17) is 4.74 Å². The van der Waals surface area contributed by atoms with Crippen LogP contribution in [0.5, 0.6) is 5.75 Å². The van der Waals surface area contributed by atoms with Gasteiger partial charge in [0.05, 0.1) is 5.75 Å². The molecule has 7 heteroatoms. The molecule has 0 aliphatic heterocycles. The van der Waals surface area contributed by atoms with E-state index < -0.39 is 0 Å². The third-order valence-corrected chi connectivity index (χ3v) is 6.61. The molecular weight excluding hydrogens is 480 g/mol. The molecule has 0 radical (unpaired) electrons. The number of carbonyl (C=O) groups is 1. The average Bonchev–Trinajstić information content (AvgIpc) is 3.37. The van der Waals surface area contributed by atoms with Gasteiger partial charge in [0.1, 0.15) is 12.4 Å².